The van der Waals surface area contributed by atoms with E-state index in [0.29, 0.717) is 5.82 Å². The molecule has 8 aromatic rings. The number of pyridine rings is 2. The van der Waals surface area contributed by atoms with Crippen molar-refractivity contribution in [3.05, 3.63) is 182 Å². The number of hydrogen-bond donors (Lipinski definition) is 0. The van der Waals surface area contributed by atoms with Crippen LogP contribution in [0.5, 0.6) is 11.5 Å². The molecule has 0 spiro atoms. The smallest absolute Gasteiger partial charge is 0.160 e. The molecule has 0 atom stereocenters. The molecule has 3 heterocycles. The Morgan fingerprint density at radius 3 is 1.27 bits per heavy atom. The zero-order valence-electron chi connectivity index (χ0n) is 26.5. The molecule has 0 fully saturated rings. The summed E-state index contributed by atoms with van der Waals surface area (Å²) in [5.74, 6) is 2.18. The molecule has 0 aliphatic heterocycles. The van der Waals surface area contributed by atoms with E-state index in [1.807, 2.05) is 140 Å². The minimum absolute atomic E-state index is 0.690. The molecule has 232 valence electrons. The maximum atomic E-state index is 6.28. The molecule has 0 unspecified atom stereocenters. The molecule has 49 heavy (non-hydrogen) atoms. The maximum Gasteiger partial charge on any atom is 0.160 e. The summed E-state index contributed by atoms with van der Waals surface area (Å²) in [6.07, 6.45) is 3.64. The first-order valence-electron chi connectivity index (χ1n) is 16.1. The van der Waals surface area contributed by atoms with Gasteiger partial charge < -0.3 is 4.74 Å². The molecule has 0 aliphatic carbocycles. The van der Waals surface area contributed by atoms with Gasteiger partial charge in [-0.15, -0.1) is 0 Å². The molecular weight excluding hydrogens is 601 g/mol. The zero-order valence-corrected chi connectivity index (χ0v) is 26.5. The van der Waals surface area contributed by atoms with Gasteiger partial charge in [-0.1, -0.05) is 84.9 Å². The van der Waals surface area contributed by atoms with Gasteiger partial charge in [0, 0.05) is 40.2 Å². The van der Waals surface area contributed by atoms with Crippen molar-refractivity contribution in [3.63, 3.8) is 0 Å². The topological polar surface area (TPSA) is 60.8 Å². The summed E-state index contributed by atoms with van der Waals surface area (Å²) >= 11 is 0. The minimum atomic E-state index is 0.690. The molecule has 0 bridgehead atoms. The van der Waals surface area contributed by atoms with Gasteiger partial charge in [-0.2, -0.15) is 0 Å². The van der Waals surface area contributed by atoms with Crippen molar-refractivity contribution in [2.45, 2.75) is 0 Å². The molecule has 5 heteroatoms. The van der Waals surface area contributed by atoms with Crippen molar-refractivity contribution in [1.29, 1.82) is 0 Å². The number of rotatable bonds is 8. The zero-order chi connectivity index (χ0) is 32.8. The second-order valence-electron chi connectivity index (χ2n) is 11.6. The Labute approximate surface area is 285 Å². The van der Waals surface area contributed by atoms with E-state index in [1.54, 1.807) is 0 Å². The van der Waals surface area contributed by atoms with Gasteiger partial charge in [-0.3, -0.25) is 9.97 Å². The van der Waals surface area contributed by atoms with Crippen LogP contribution < -0.4 is 4.74 Å². The number of benzene rings is 5. The van der Waals surface area contributed by atoms with Crippen LogP contribution in [0.4, 0.5) is 0 Å². The van der Waals surface area contributed by atoms with Gasteiger partial charge in [-0.05, 0) is 96.1 Å². The molecule has 0 N–H and O–H groups in total. The lowest BCUT2D eigenvalue weighted by Crippen LogP contribution is -1.95. The fourth-order valence-corrected chi connectivity index (χ4v) is 5.77. The van der Waals surface area contributed by atoms with E-state index in [0.717, 1.165) is 73.2 Å². The van der Waals surface area contributed by atoms with Gasteiger partial charge in [-0.25, -0.2) is 9.97 Å². The Morgan fingerprint density at radius 2 is 0.755 bits per heavy atom. The molecule has 5 nitrogen and oxygen atoms in total. The van der Waals surface area contributed by atoms with Gasteiger partial charge in [0.25, 0.3) is 0 Å². The third-order valence-electron chi connectivity index (χ3n) is 8.26. The Bertz CT molecular complexity index is 2030. The number of nitrogens with zero attached hydrogens (tertiary/aromatic N) is 4. The summed E-state index contributed by atoms with van der Waals surface area (Å²) < 4.78 is 6.28. The van der Waals surface area contributed by atoms with Gasteiger partial charge in [0.1, 0.15) is 11.5 Å². The van der Waals surface area contributed by atoms with E-state index in [4.69, 9.17) is 14.7 Å². The highest BCUT2D eigenvalue weighted by molar-refractivity contribution is 5.79. The second-order valence-corrected chi connectivity index (χ2v) is 11.6. The van der Waals surface area contributed by atoms with Crippen LogP contribution in [-0.4, -0.2) is 19.9 Å². The first-order chi connectivity index (χ1) is 24.2. The Balaban J connectivity index is 1.06. The highest BCUT2D eigenvalue weighted by Gasteiger charge is 2.12. The van der Waals surface area contributed by atoms with Crippen LogP contribution in [-0.2, 0) is 0 Å². The van der Waals surface area contributed by atoms with Crippen molar-refractivity contribution < 1.29 is 4.74 Å². The summed E-state index contributed by atoms with van der Waals surface area (Å²) in [6.45, 7) is 0. The highest BCUT2D eigenvalue weighted by atomic mass is 16.5. The second kappa shape index (κ2) is 13.6. The van der Waals surface area contributed by atoms with Crippen LogP contribution in [0.25, 0.3) is 67.5 Å². The van der Waals surface area contributed by atoms with Gasteiger partial charge in [0.15, 0.2) is 5.82 Å². The van der Waals surface area contributed by atoms with Gasteiger partial charge in [0.2, 0.25) is 0 Å². The average molecular weight is 631 g/mol. The van der Waals surface area contributed by atoms with E-state index < -0.39 is 0 Å². The maximum absolute atomic E-state index is 6.28. The molecule has 0 radical (unpaired) electrons. The molecule has 0 saturated heterocycles. The molecule has 0 saturated carbocycles. The Hall–Kier alpha value is -6.72. The van der Waals surface area contributed by atoms with Crippen molar-refractivity contribution in [3.8, 4) is 79.0 Å². The lowest BCUT2D eigenvalue weighted by Gasteiger charge is -2.12. The first-order valence-corrected chi connectivity index (χ1v) is 16.1. The molecular formula is C44H30N4O. The standard InChI is InChI=1S/C44H30N4O/c1-3-11-32(12-4-1)42-30-43(48-44(47-42)34-13-5-2-6-14-34)33-19-23-39(24-20-33)49-38-21-17-31(18-22-38)35-27-36(40-15-7-9-25-45-40)29-37(28-35)41-16-8-10-26-46-41/h1-30H. The van der Waals surface area contributed by atoms with Crippen molar-refractivity contribution in [2.24, 2.45) is 0 Å². The van der Waals surface area contributed by atoms with Crippen LogP contribution in [0.3, 0.4) is 0 Å². The summed E-state index contributed by atoms with van der Waals surface area (Å²) in [5.41, 5.74) is 10.8. The number of aromatic nitrogens is 4. The van der Waals surface area contributed by atoms with Crippen molar-refractivity contribution in [2.75, 3.05) is 0 Å². The highest BCUT2D eigenvalue weighted by Crippen LogP contribution is 2.34. The Morgan fingerprint density at radius 1 is 0.306 bits per heavy atom. The van der Waals surface area contributed by atoms with Crippen LogP contribution >= 0.6 is 0 Å². The van der Waals surface area contributed by atoms with Crippen LogP contribution in [0.2, 0.25) is 0 Å². The van der Waals surface area contributed by atoms with Crippen molar-refractivity contribution in [1.82, 2.24) is 19.9 Å². The van der Waals surface area contributed by atoms with Gasteiger partial charge >= 0.3 is 0 Å². The monoisotopic (exact) mass is 630 g/mol. The number of ether oxygens (including phenoxy) is 1. The predicted octanol–water partition coefficient (Wildman–Crippen LogP) is 11.1. The van der Waals surface area contributed by atoms with E-state index in [2.05, 4.69) is 52.4 Å². The fourth-order valence-electron chi connectivity index (χ4n) is 5.77. The lowest BCUT2D eigenvalue weighted by molar-refractivity contribution is 0.483. The average Bonchev–Trinajstić information content (AvgIpc) is 3.19. The third-order valence-corrected chi connectivity index (χ3v) is 8.26. The molecule has 8 rings (SSSR count). The molecule has 3 aromatic heterocycles. The van der Waals surface area contributed by atoms with E-state index in [9.17, 15) is 0 Å². The van der Waals surface area contributed by atoms with Crippen molar-refractivity contribution >= 4 is 0 Å². The summed E-state index contributed by atoms with van der Waals surface area (Å²) in [5, 5.41) is 0. The third kappa shape index (κ3) is 6.73. The van der Waals surface area contributed by atoms with Crippen LogP contribution in [0.15, 0.2) is 182 Å². The SMILES string of the molecule is c1ccc(-c2cc(-c3ccc(Oc4ccc(-c5cc(-c6ccccn6)cc(-c6ccccn6)c5)cc4)cc3)nc(-c3ccccc3)n2)cc1. The van der Waals surface area contributed by atoms with Crippen LogP contribution in [0, 0.1) is 0 Å². The summed E-state index contributed by atoms with van der Waals surface area (Å²) in [4.78, 5) is 19.0. The molecule has 0 amide bonds. The summed E-state index contributed by atoms with van der Waals surface area (Å²) in [7, 11) is 0. The van der Waals surface area contributed by atoms with E-state index in [-0.39, 0.29) is 0 Å². The molecule has 0 aliphatic rings. The van der Waals surface area contributed by atoms with Gasteiger partial charge in [0.05, 0.1) is 22.8 Å². The molecule has 5 aromatic carbocycles. The quantitative estimate of drug-likeness (QED) is 0.167. The fraction of sp³-hybridized carbons (Fsp3) is 0. The largest absolute Gasteiger partial charge is 0.457 e. The number of hydrogen-bond acceptors (Lipinski definition) is 5. The van der Waals surface area contributed by atoms with E-state index in [1.165, 1.54) is 0 Å². The van der Waals surface area contributed by atoms with Crippen LogP contribution in [0.1, 0.15) is 0 Å². The first kappa shape index (κ1) is 29.7. The lowest BCUT2D eigenvalue weighted by atomic mass is 9.96. The van der Waals surface area contributed by atoms with E-state index >= 15 is 0 Å². The predicted molar refractivity (Wildman–Crippen MR) is 197 cm³/mol. The normalized spacial score (nSPS) is 10.9. The summed E-state index contributed by atoms with van der Waals surface area (Å²) in [6, 6.07) is 56.9. The minimum Gasteiger partial charge on any atom is -0.457 e. The Kier molecular flexibility index (Phi) is 8.21.